The van der Waals surface area contributed by atoms with Gasteiger partial charge in [0.1, 0.15) is 0 Å². The highest BCUT2D eigenvalue weighted by atomic mass is 32.1. The number of rotatable bonds is 6. The molecule has 1 N–H and O–H groups in total. The van der Waals surface area contributed by atoms with E-state index in [-0.39, 0.29) is 0 Å². The zero-order valence-electron chi connectivity index (χ0n) is 10.1. The van der Waals surface area contributed by atoms with Crippen molar-refractivity contribution < 1.29 is 0 Å². The van der Waals surface area contributed by atoms with E-state index in [4.69, 9.17) is 0 Å². The molecule has 0 radical (unpaired) electrons. The lowest BCUT2D eigenvalue weighted by Gasteiger charge is -2.15. The van der Waals surface area contributed by atoms with Gasteiger partial charge in [0.05, 0.1) is 10.6 Å². The molecular weight excluding hydrogens is 206 g/mol. The summed E-state index contributed by atoms with van der Waals surface area (Å²) in [5.41, 5.74) is 1.16. The van der Waals surface area contributed by atoms with Crippen LogP contribution in [-0.2, 0) is 0 Å². The van der Waals surface area contributed by atoms with Crippen LogP contribution in [0, 0.1) is 0 Å². The van der Waals surface area contributed by atoms with Crippen molar-refractivity contribution in [2.24, 2.45) is 0 Å². The van der Waals surface area contributed by atoms with Gasteiger partial charge in [0.15, 0.2) is 0 Å². The smallest absolute Gasteiger partial charge is 0.0829 e. The third kappa shape index (κ3) is 3.24. The maximum absolute atomic E-state index is 4.22. The van der Waals surface area contributed by atoms with Crippen molar-refractivity contribution in [3.05, 3.63) is 10.6 Å². The van der Waals surface area contributed by atoms with Crippen molar-refractivity contribution >= 4 is 11.5 Å². The Morgan fingerprint density at radius 3 is 2.67 bits per heavy atom. The molecule has 0 fully saturated rings. The van der Waals surface area contributed by atoms with Crippen LogP contribution >= 0.6 is 11.5 Å². The van der Waals surface area contributed by atoms with Gasteiger partial charge in [-0.2, -0.15) is 0 Å². The SMILES string of the molecule is CCCCC(NC)c1snnc1C(C)C. The molecule has 0 aliphatic carbocycles. The molecule has 0 aliphatic rings. The van der Waals surface area contributed by atoms with Crippen LogP contribution in [0.1, 0.15) is 62.6 Å². The minimum absolute atomic E-state index is 0.433. The molecule has 1 rings (SSSR count). The summed E-state index contributed by atoms with van der Waals surface area (Å²) in [6.45, 7) is 6.57. The first-order valence-corrected chi connectivity index (χ1v) is 6.47. The van der Waals surface area contributed by atoms with Crippen LogP contribution in [0.15, 0.2) is 0 Å². The second-order valence-corrected chi connectivity index (χ2v) is 4.95. The van der Waals surface area contributed by atoms with Gasteiger partial charge in [0.25, 0.3) is 0 Å². The minimum atomic E-state index is 0.433. The molecule has 0 saturated heterocycles. The minimum Gasteiger partial charge on any atom is -0.312 e. The highest BCUT2D eigenvalue weighted by molar-refractivity contribution is 7.05. The highest BCUT2D eigenvalue weighted by Gasteiger charge is 2.19. The molecule has 0 amide bonds. The van der Waals surface area contributed by atoms with Gasteiger partial charge < -0.3 is 5.32 Å². The van der Waals surface area contributed by atoms with Gasteiger partial charge >= 0.3 is 0 Å². The van der Waals surface area contributed by atoms with E-state index in [9.17, 15) is 0 Å². The van der Waals surface area contributed by atoms with Crippen molar-refractivity contribution in [1.29, 1.82) is 0 Å². The molecule has 1 aromatic heterocycles. The van der Waals surface area contributed by atoms with Crippen molar-refractivity contribution in [3.8, 4) is 0 Å². The topological polar surface area (TPSA) is 37.8 Å². The fourth-order valence-electron chi connectivity index (χ4n) is 1.66. The predicted molar refractivity (Wildman–Crippen MR) is 65.3 cm³/mol. The van der Waals surface area contributed by atoms with Gasteiger partial charge in [0, 0.05) is 6.04 Å². The lowest BCUT2D eigenvalue weighted by molar-refractivity contribution is 0.523. The largest absolute Gasteiger partial charge is 0.312 e. The van der Waals surface area contributed by atoms with Gasteiger partial charge in [0.2, 0.25) is 0 Å². The van der Waals surface area contributed by atoms with Crippen LogP contribution in [0.5, 0.6) is 0 Å². The molecule has 86 valence electrons. The summed E-state index contributed by atoms with van der Waals surface area (Å²) in [6, 6.07) is 0.433. The Labute approximate surface area is 96.5 Å². The Kier molecular flexibility index (Phi) is 5.19. The van der Waals surface area contributed by atoms with E-state index < -0.39 is 0 Å². The second kappa shape index (κ2) is 6.18. The molecule has 0 saturated carbocycles. The van der Waals surface area contributed by atoms with Gasteiger partial charge in [-0.25, -0.2) is 0 Å². The van der Waals surface area contributed by atoms with Crippen LogP contribution in [0.4, 0.5) is 0 Å². The van der Waals surface area contributed by atoms with Crippen LogP contribution in [0.25, 0.3) is 0 Å². The van der Waals surface area contributed by atoms with Crippen LogP contribution < -0.4 is 5.32 Å². The number of unbranched alkanes of at least 4 members (excludes halogenated alkanes) is 1. The average Bonchev–Trinajstić information content (AvgIpc) is 2.68. The molecule has 1 heterocycles. The molecule has 0 aliphatic heterocycles. The van der Waals surface area contributed by atoms with Crippen molar-refractivity contribution in [3.63, 3.8) is 0 Å². The zero-order valence-corrected chi connectivity index (χ0v) is 10.9. The molecule has 3 nitrogen and oxygen atoms in total. The Morgan fingerprint density at radius 2 is 2.13 bits per heavy atom. The molecular formula is C11H21N3S. The number of aromatic nitrogens is 2. The number of nitrogens with one attached hydrogen (secondary N) is 1. The molecule has 0 aromatic carbocycles. The van der Waals surface area contributed by atoms with Gasteiger partial charge in [-0.05, 0) is 30.9 Å². The molecule has 4 heteroatoms. The average molecular weight is 227 g/mol. The van der Waals surface area contributed by atoms with E-state index in [0.717, 1.165) is 5.69 Å². The summed E-state index contributed by atoms with van der Waals surface area (Å²) in [5.74, 6) is 0.469. The first-order chi connectivity index (χ1) is 7.20. The van der Waals surface area contributed by atoms with Crippen molar-refractivity contribution in [2.45, 2.75) is 52.0 Å². The molecule has 1 unspecified atom stereocenters. The van der Waals surface area contributed by atoms with Crippen LogP contribution in [0.2, 0.25) is 0 Å². The Balaban J connectivity index is 2.76. The van der Waals surface area contributed by atoms with E-state index in [2.05, 4.69) is 35.7 Å². The lowest BCUT2D eigenvalue weighted by atomic mass is 10.0. The molecule has 1 aromatic rings. The van der Waals surface area contributed by atoms with Crippen molar-refractivity contribution in [2.75, 3.05) is 7.05 Å². The zero-order chi connectivity index (χ0) is 11.3. The summed E-state index contributed by atoms with van der Waals surface area (Å²) >= 11 is 1.54. The summed E-state index contributed by atoms with van der Waals surface area (Å²) in [5, 5.41) is 7.59. The monoisotopic (exact) mass is 227 g/mol. The summed E-state index contributed by atoms with van der Waals surface area (Å²) in [4.78, 5) is 1.32. The van der Waals surface area contributed by atoms with E-state index in [1.165, 1.54) is 35.7 Å². The molecule has 0 spiro atoms. The van der Waals surface area contributed by atoms with E-state index in [0.29, 0.717) is 12.0 Å². The molecule has 1 atom stereocenters. The lowest BCUT2D eigenvalue weighted by Crippen LogP contribution is -2.16. The highest BCUT2D eigenvalue weighted by Crippen LogP contribution is 2.28. The summed E-state index contributed by atoms with van der Waals surface area (Å²) < 4.78 is 4.07. The van der Waals surface area contributed by atoms with E-state index >= 15 is 0 Å². The first kappa shape index (κ1) is 12.6. The summed E-state index contributed by atoms with van der Waals surface area (Å²) in [6.07, 6.45) is 3.67. The number of hydrogen-bond acceptors (Lipinski definition) is 4. The quantitative estimate of drug-likeness (QED) is 0.811. The van der Waals surface area contributed by atoms with Crippen LogP contribution in [-0.4, -0.2) is 16.6 Å². The van der Waals surface area contributed by atoms with Gasteiger partial charge in [-0.15, -0.1) is 5.10 Å². The second-order valence-electron chi connectivity index (χ2n) is 4.16. The fourth-order valence-corrected chi connectivity index (χ4v) is 2.61. The normalized spacial score (nSPS) is 13.4. The number of nitrogens with zero attached hydrogens (tertiary/aromatic N) is 2. The van der Waals surface area contributed by atoms with Gasteiger partial charge in [-0.3, -0.25) is 0 Å². The maximum atomic E-state index is 4.22. The van der Waals surface area contributed by atoms with Crippen molar-refractivity contribution in [1.82, 2.24) is 14.9 Å². The maximum Gasteiger partial charge on any atom is 0.0829 e. The standard InChI is InChI=1S/C11H21N3S/c1-5-6-7-9(12-4)11-10(8(2)3)13-14-15-11/h8-9,12H,5-7H2,1-4H3. The first-order valence-electron chi connectivity index (χ1n) is 5.70. The van der Waals surface area contributed by atoms with Gasteiger partial charge in [-0.1, -0.05) is 38.1 Å². The molecule has 0 bridgehead atoms. The third-order valence-corrected chi connectivity index (χ3v) is 3.45. The third-order valence-electron chi connectivity index (χ3n) is 2.60. The van der Waals surface area contributed by atoms with E-state index in [1.54, 1.807) is 0 Å². The fraction of sp³-hybridized carbons (Fsp3) is 0.818. The Bertz CT molecular complexity index is 283. The Hall–Kier alpha value is -0.480. The predicted octanol–water partition coefficient (Wildman–Crippen LogP) is 3.11. The molecule has 15 heavy (non-hydrogen) atoms. The van der Waals surface area contributed by atoms with Crippen LogP contribution in [0.3, 0.4) is 0 Å². The Morgan fingerprint density at radius 1 is 1.40 bits per heavy atom. The number of hydrogen-bond donors (Lipinski definition) is 1. The summed E-state index contributed by atoms with van der Waals surface area (Å²) in [7, 11) is 2.02. The van der Waals surface area contributed by atoms with E-state index in [1.807, 2.05) is 7.05 Å².